The van der Waals surface area contributed by atoms with Crippen molar-refractivity contribution in [3.05, 3.63) is 29.3 Å². The number of piperidine rings is 1. The molecular weight excluding hydrogens is 246 g/mol. The van der Waals surface area contributed by atoms with Gasteiger partial charge in [-0.15, -0.1) is 12.4 Å². The lowest BCUT2D eigenvalue weighted by Gasteiger charge is -2.23. The summed E-state index contributed by atoms with van der Waals surface area (Å²) in [5, 5.41) is 3.44. The summed E-state index contributed by atoms with van der Waals surface area (Å²) in [4.78, 5) is 0. The van der Waals surface area contributed by atoms with Crippen molar-refractivity contribution in [1.82, 2.24) is 5.32 Å². The molecule has 1 N–H and O–H groups in total. The van der Waals surface area contributed by atoms with E-state index in [0.717, 1.165) is 18.9 Å². The molecule has 2 nitrogen and oxygen atoms in total. The largest absolute Gasteiger partial charge is 0.493 e. The SMILES string of the molecule is Cl.c1cc2c(c(OCC3CCCNC3)c1)CCC2. The smallest absolute Gasteiger partial charge is 0.122 e. The van der Waals surface area contributed by atoms with Crippen LogP contribution in [0.2, 0.25) is 0 Å². The normalized spacial score (nSPS) is 22.1. The monoisotopic (exact) mass is 267 g/mol. The second-order valence-corrected chi connectivity index (χ2v) is 5.27. The van der Waals surface area contributed by atoms with Crippen LogP contribution in [0.25, 0.3) is 0 Å². The molecular formula is C15H22ClNO. The molecule has 1 unspecified atom stereocenters. The number of ether oxygens (including phenoxy) is 1. The lowest BCUT2D eigenvalue weighted by molar-refractivity contribution is 0.217. The first-order chi connectivity index (χ1) is 8.43. The second-order valence-electron chi connectivity index (χ2n) is 5.27. The fourth-order valence-corrected chi connectivity index (χ4v) is 2.99. The zero-order valence-corrected chi connectivity index (χ0v) is 11.6. The standard InChI is InChI=1S/C15H21NO.ClH/c1-5-13-6-2-8-15(14(13)7-1)17-11-12-4-3-9-16-10-12;/h2,6,8,12,16H,1,3-5,7,9-11H2;1H. The highest BCUT2D eigenvalue weighted by molar-refractivity contribution is 5.85. The summed E-state index contributed by atoms with van der Waals surface area (Å²) >= 11 is 0. The quantitative estimate of drug-likeness (QED) is 0.909. The molecule has 1 aromatic rings. The Labute approximate surface area is 116 Å². The van der Waals surface area contributed by atoms with Gasteiger partial charge in [0, 0.05) is 12.5 Å². The number of aryl methyl sites for hydroxylation is 1. The topological polar surface area (TPSA) is 21.3 Å². The lowest BCUT2D eigenvalue weighted by Crippen LogP contribution is -2.33. The van der Waals surface area contributed by atoms with Crippen LogP contribution in [-0.4, -0.2) is 19.7 Å². The minimum Gasteiger partial charge on any atom is -0.493 e. The number of hydrogen-bond donors (Lipinski definition) is 1. The van der Waals surface area contributed by atoms with Crippen LogP contribution in [0, 0.1) is 5.92 Å². The van der Waals surface area contributed by atoms with Gasteiger partial charge in [-0.25, -0.2) is 0 Å². The van der Waals surface area contributed by atoms with Crippen molar-refractivity contribution in [2.24, 2.45) is 5.92 Å². The maximum absolute atomic E-state index is 6.05. The lowest BCUT2D eigenvalue weighted by atomic mass is 10.0. The molecule has 1 aliphatic heterocycles. The van der Waals surface area contributed by atoms with Crippen molar-refractivity contribution in [3.63, 3.8) is 0 Å². The summed E-state index contributed by atoms with van der Waals surface area (Å²) < 4.78 is 6.05. The number of benzene rings is 1. The van der Waals surface area contributed by atoms with E-state index >= 15 is 0 Å². The maximum Gasteiger partial charge on any atom is 0.122 e. The third kappa shape index (κ3) is 2.99. The van der Waals surface area contributed by atoms with Gasteiger partial charge in [-0.1, -0.05) is 12.1 Å². The van der Waals surface area contributed by atoms with Crippen LogP contribution in [0.15, 0.2) is 18.2 Å². The van der Waals surface area contributed by atoms with Gasteiger partial charge in [0.05, 0.1) is 6.61 Å². The van der Waals surface area contributed by atoms with Crippen LogP contribution < -0.4 is 10.1 Å². The van der Waals surface area contributed by atoms with E-state index in [4.69, 9.17) is 4.74 Å². The van der Waals surface area contributed by atoms with Crippen molar-refractivity contribution >= 4 is 12.4 Å². The number of nitrogens with one attached hydrogen (secondary N) is 1. The van der Waals surface area contributed by atoms with Crippen LogP contribution in [0.4, 0.5) is 0 Å². The molecule has 100 valence electrons. The van der Waals surface area contributed by atoms with Crippen molar-refractivity contribution in [2.45, 2.75) is 32.1 Å². The van der Waals surface area contributed by atoms with E-state index in [2.05, 4.69) is 23.5 Å². The predicted octanol–water partition coefficient (Wildman–Crippen LogP) is 2.98. The van der Waals surface area contributed by atoms with E-state index in [0.29, 0.717) is 5.92 Å². The molecule has 18 heavy (non-hydrogen) atoms. The van der Waals surface area contributed by atoms with Gasteiger partial charge in [0.25, 0.3) is 0 Å². The molecule has 3 rings (SSSR count). The number of rotatable bonds is 3. The number of halogens is 1. The average molecular weight is 268 g/mol. The van der Waals surface area contributed by atoms with Crippen LogP contribution in [0.3, 0.4) is 0 Å². The van der Waals surface area contributed by atoms with Crippen LogP contribution in [-0.2, 0) is 12.8 Å². The highest BCUT2D eigenvalue weighted by Crippen LogP contribution is 2.30. The third-order valence-electron chi connectivity index (χ3n) is 3.98. The zero-order chi connectivity index (χ0) is 11.5. The van der Waals surface area contributed by atoms with Gasteiger partial charge >= 0.3 is 0 Å². The molecule has 0 bridgehead atoms. The molecule has 1 aliphatic carbocycles. The zero-order valence-electron chi connectivity index (χ0n) is 10.8. The minimum absolute atomic E-state index is 0. The van der Waals surface area contributed by atoms with Gasteiger partial charge in [-0.3, -0.25) is 0 Å². The number of hydrogen-bond acceptors (Lipinski definition) is 2. The fraction of sp³-hybridized carbons (Fsp3) is 0.600. The van der Waals surface area contributed by atoms with Crippen molar-refractivity contribution in [3.8, 4) is 5.75 Å². The minimum atomic E-state index is 0. The fourth-order valence-electron chi connectivity index (χ4n) is 2.99. The van der Waals surface area contributed by atoms with Crippen molar-refractivity contribution in [2.75, 3.05) is 19.7 Å². The first-order valence-electron chi connectivity index (χ1n) is 6.88. The Morgan fingerprint density at radius 2 is 2.17 bits per heavy atom. The van der Waals surface area contributed by atoms with Crippen molar-refractivity contribution in [1.29, 1.82) is 0 Å². The Kier molecular flexibility index (Phi) is 4.90. The Hall–Kier alpha value is -0.730. The second kappa shape index (κ2) is 6.44. The Bertz CT molecular complexity index is 388. The van der Waals surface area contributed by atoms with E-state index in [9.17, 15) is 0 Å². The summed E-state index contributed by atoms with van der Waals surface area (Å²) in [5.74, 6) is 1.84. The van der Waals surface area contributed by atoms with Crippen LogP contribution in [0.1, 0.15) is 30.4 Å². The first kappa shape index (κ1) is 13.7. The van der Waals surface area contributed by atoms with E-state index in [1.54, 1.807) is 0 Å². The first-order valence-corrected chi connectivity index (χ1v) is 6.88. The van der Waals surface area contributed by atoms with Gasteiger partial charge in [0.2, 0.25) is 0 Å². The maximum atomic E-state index is 6.05. The molecule has 1 heterocycles. The summed E-state index contributed by atoms with van der Waals surface area (Å²) in [6.45, 7) is 3.18. The Morgan fingerprint density at radius 1 is 1.22 bits per heavy atom. The van der Waals surface area contributed by atoms with E-state index in [1.165, 1.54) is 49.8 Å². The Balaban J connectivity index is 0.00000120. The van der Waals surface area contributed by atoms with Gasteiger partial charge < -0.3 is 10.1 Å². The van der Waals surface area contributed by atoms with Gasteiger partial charge in [-0.2, -0.15) is 0 Å². The summed E-state index contributed by atoms with van der Waals surface area (Å²) in [6, 6.07) is 6.52. The number of fused-ring (bicyclic) bond motifs is 1. The Morgan fingerprint density at radius 3 is 3.00 bits per heavy atom. The van der Waals surface area contributed by atoms with E-state index in [1.807, 2.05) is 0 Å². The highest BCUT2D eigenvalue weighted by atomic mass is 35.5. The molecule has 1 fully saturated rings. The molecule has 2 aliphatic rings. The molecule has 3 heteroatoms. The molecule has 0 saturated carbocycles. The predicted molar refractivity (Wildman–Crippen MR) is 76.8 cm³/mol. The molecule has 0 aromatic heterocycles. The molecule has 0 radical (unpaired) electrons. The van der Waals surface area contributed by atoms with Gasteiger partial charge in [-0.05, 0) is 55.8 Å². The molecule has 0 amide bonds. The van der Waals surface area contributed by atoms with Gasteiger partial charge in [0.1, 0.15) is 5.75 Å². The van der Waals surface area contributed by atoms with Crippen LogP contribution in [0.5, 0.6) is 5.75 Å². The molecule has 1 aromatic carbocycles. The summed E-state index contributed by atoms with van der Waals surface area (Å²) in [5.41, 5.74) is 2.97. The molecule has 1 atom stereocenters. The summed E-state index contributed by atoms with van der Waals surface area (Å²) in [6.07, 6.45) is 6.33. The van der Waals surface area contributed by atoms with Crippen LogP contribution >= 0.6 is 12.4 Å². The van der Waals surface area contributed by atoms with E-state index in [-0.39, 0.29) is 12.4 Å². The van der Waals surface area contributed by atoms with Crippen molar-refractivity contribution < 1.29 is 4.74 Å². The molecule has 1 saturated heterocycles. The third-order valence-corrected chi connectivity index (χ3v) is 3.98. The highest BCUT2D eigenvalue weighted by Gasteiger charge is 2.17. The van der Waals surface area contributed by atoms with Gasteiger partial charge in [0.15, 0.2) is 0 Å². The average Bonchev–Trinajstić information content (AvgIpc) is 2.86. The molecule has 0 spiro atoms. The summed E-state index contributed by atoms with van der Waals surface area (Å²) in [7, 11) is 0. The van der Waals surface area contributed by atoms with E-state index < -0.39 is 0 Å².